The van der Waals surface area contributed by atoms with Crippen molar-refractivity contribution in [1.29, 1.82) is 5.26 Å². The van der Waals surface area contributed by atoms with Crippen LogP contribution in [-0.2, 0) is 15.8 Å². The molecule has 2 amide bonds. The number of nitrogens with zero attached hydrogens (tertiary/aromatic N) is 2. The van der Waals surface area contributed by atoms with Crippen LogP contribution in [-0.4, -0.2) is 12.3 Å². The number of halogens is 3. The van der Waals surface area contributed by atoms with Gasteiger partial charge in [0.1, 0.15) is 0 Å². The Morgan fingerprint density at radius 1 is 1.40 bits per heavy atom. The number of carbonyl (C=O) groups excluding carboxylic acids is 2. The van der Waals surface area contributed by atoms with Crippen LogP contribution in [0.4, 0.5) is 18.9 Å². The molecule has 20 heavy (non-hydrogen) atoms. The number of anilines is 1. The number of benzene rings is 1. The Bertz CT molecular complexity index is 601. The maximum Gasteiger partial charge on any atom is 0.417 e. The molecule has 0 aromatic heterocycles. The SMILES string of the molecule is C/C=C\C(=O)N(C=O)c1ccc(C#N)c(C(F)(F)F)c1. The van der Waals surface area contributed by atoms with Crippen molar-refractivity contribution in [3.63, 3.8) is 0 Å². The summed E-state index contributed by atoms with van der Waals surface area (Å²) >= 11 is 0. The van der Waals surface area contributed by atoms with Crippen LogP contribution >= 0.6 is 0 Å². The summed E-state index contributed by atoms with van der Waals surface area (Å²) in [4.78, 5) is 22.9. The minimum atomic E-state index is -4.75. The van der Waals surface area contributed by atoms with Crippen molar-refractivity contribution in [3.8, 4) is 6.07 Å². The van der Waals surface area contributed by atoms with Crippen molar-refractivity contribution in [3.05, 3.63) is 41.5 Å². The lowest BCUT2D eigenvalue weighted by Gasteiger charge is -2.16. The summed E-state index contributed by atoms with van der Waals surface area (Å²) in [6, 6.07) is 4.02. The van der Waals surface area contributed by atoms with Crippen LogP contribution < -0.4 is 4.90 Å². The summed E-state index contributed by atoms with van der Waals surface area (Å²) < 4.78 is 38.3. The maximum atomic E-state index is 12.8. The average Bonchev–Trinajstić information content (AvgIpc) is 2.38. The van der Waals surface area contributed by atoms with E-state index in [1.54, 1.807) is 0 Å². The highest BCUT2D eigenvalue weighted by Crippen LogP contribution is 2.34. The lowest BCUT2D eigenvalue weighted by molar-refractivity contribution is -0.137. The second kappa shape index (κ2) is 6.02. The van der Waals surface area contributed by atoms with E-state index >= 15 is 0 Å². The Kier molecular flexibility index (Phi) is 4.64. The van der Waals surface area contributed by atoms with Gasteiger partial charge in [0, 0.05) is 0 Å². The molecule has 0 saturated heterocycles. The second-order valence-corrected chi connectivity index (χ2v) is 3.65. The van der Waals surface area contributed by atoms with Gasteiger partial charge in [0.25, 0.3) is 5.91 Å². The van der Waals surface area contributed by atoms with Crippen LogP contribution in [0.3, 0.4) is 0 Å². The number of carbonyl (C=O) groups is 2. The standard InChI is InChI=1S/C13H9F3N2O2/c1-2-3-12(20)18(8-19)10-5-4-9(7-17)11(6-10)13(14,15)16/h2-6,8H,1H3/b3-2-. The van der Waals surface area contributed by atoms with Crippen LogP contribution in [0.15, 0.2) is 30.4 Å². The summed E-state index contributed by atoms with van der Waals surface area (Å²) in [5, 5.41) is 8.65. The molecule has 0 fully saturated rings. The summed E-state index contributed by atoms with van der Waals surface area (Å²) in [5.41, 5.74) is -2.03. The minimum absolute atomic E-state index is 0.115. The molecule has 1 aromatic rings. The zero-order valence-corrected chi connectivity index (χ0v) is 10.3. The maximum absolute atomic E-state index is 12.8. The molecule has 0 N–H and O–H groups in total. The molecule has 0 aliphatic carbocycles. The Balaban J connectivity index is 3.37. The van der Waals surface area contributed by atoms with Gasteiger partial charge in [-0.25, -0.2) is 4.90 Å². The third kappa shape index (κ3) is 3.23. The lowest BCUT2D eigenvalue weighted by atomic mass is 10.1. The number of hydrogen-bond acceptors (Lipinski definition) is 3. The van der Waals surface area contributed by atoms with Crippen LogP contribution in [0, 0.1) is 11.3 Å². The smallest absolute Gasteiger partial charge is 0.278 e. The highest BCUT2D eigenvalue weighted by atomic mass is 19.4. The van der Waals surface area contributed by atoms with E-state index < -0.39 is 23.2 Å². The number of imide groups is 1. The molecule has 1 rings (SSSR count). The van der Waals surface area contributed by atoms with Gasteiger partial charge in [-0.3, -0.25) is 9.59 Å². The van der Waals surface area contributed by atoms with Gasteiger partial charge in [-0.05, 0) is 31.2 Å². The number of hydrogen-bond donors (Lipinski definition) is 0. The summed E-state index contributed by atoms with van der Waals surface area (Å²) in [7, 11) is 0. The van der Waals surface area contributed by atoms with Gasteiger partial charge in [0.2, 0.25) is 6.41 Å². The monoisotopic (exact) mass is 282 g/mol. The quantitative estimate of drug-likeness (QED) is 0.632. The fraction of sp³-hybridized carbons (Fsp3) is 0.154. The molecule has 1 aromatic carbocycles. The number of rotatable bonds is 3. The van der Waals surface area contributed by atoms with Crippen molar-refractivity contribution in [2.45, 2.75) is 13.1 Å². The van der Waals surface area contributed by atoms with Crippen molar-refractivity contribution < 1.29 is 22.8 Å². The molecule has 0 saturated carbocycles. The Morgan fingerprint density at radius 2 is 2.05 bits per heavy atom. The molecule has 0 aliphatic heterocycles. The van der Waals surface area contributed by atoms with Crippen molar-refractivity contribution in [1.82, 2.24) is 0 Å². The van der Waals surface area contributed by atoms with Gasteiger partial charge < -0.3 is 0 Å². The van der Waals surface area contributed by atoms with E-state index in [0.29, 0.717) is 11.0 Å². The Labute approximate surface area is 112 Å². The summed E-state index contributed by atoms with van der Waals surface area (Å²) in [6.45, 7) is 1.53. The highest BCUT2D eigenvalue weighted by Gasteiger charge is 2.34. The predicted molar refractivity (Wildman–Crippen MR) is 64.5 cm³/mol. The number of alkyl halides is 3. The van der Waals surface area contributed by atoms with Gasteiger partial charge in [0.05, 0.1) is 22.9 Å². The van der Waals surface area contributed by atoms with Crippen LogP contribution in [0.1, 0.15) is 18.1 Å². The van der Waals surface area contributed by atoms with E-state index in [0.717, 1.165) is 18.2 Å². The van der Waals surface area contributed by atoms with Crippen LogP contribution in [0.5, 0.6) is 0 Å². The first-order valence-corrected chi connectivity index (χ1v) is 5.37. The molecule has 0 atom stereocenters. The highest BCUT2D eigenvalue weighted by molar-refractivity contribution is 6.12. The number of allylic oxidation sites excluding steroid dienone is 1. The zero-order valence-electron chi connectivity index (χ0n) is 10.3. The van der Waals surface area contributed by atoms with Gasteiger partial charge in [0.15, 0.2) is 0 Å². The van der Waals surface area contributed by atoms with Crippen molar-refractivity contribution in [2.75, 3.05) is 4.90 Å². The van der Waals surface area contributed by atoms with E-state index in [4.69, 9.17) is 5.26 Å². The average molecular weight is 282 g/mol. The third-order valence-electron chi connectivity index (χ3n) is 2.36. The van der Waals surface area contributed by atoms with E-state index in [1.807, 2.05) is 0 Å². The van der Waals surface area contributed by atoms with E-state index in [-0.39, 0.29) is 12.1 Å². The van der Waals surface area contributed by atoms with E-state index in [1.165, 1.54) is 19.1 Å². The molecule has 7 heteroatoms. The molecular weight excluding hydrogens is 273 g/mol. The van der Waals surface area contributed by atoms with E-state index in [2.05, 4.69) is 0 Å². The first-order chi connectivity index (χ1) is 9.35. The van der Waals surface area contributed by atoms with Crippen molar-refractivity contribution >= 4 is 18.0 Å². The Morgan fingerprint density at radius 3 is 2.50 bits per heavy atom. The van der Waals surface area contributed by atoms with Crippen LogP contribution in [0.25, 0.3) is 0 Å². The molecule has 0 heterocycles. The molecule has 4 nitrogen and oxygen atoms in total. The fourth-order valence-corrected chi connectivity index (χ4v) is 1.48. The number of nitriles is 1. The predicted octanol–water partition coefficient (Wildman–Crippen LogP) is 2.64. The molecule has 0 bridgehead atoms. The molecule has 0 unspecified atom stereocenters. The zero-order chi connectivity index (χ0) is 15.3. The molecular formula is C13H9F3N2O2. The first kappa shape index (κ1) is 15.4. The van der Waals surface area contributed by atoms with Crippen LogP contribution in [0.2, 0.25) is 0 Å². The van der Waals surface area contributed by atoms with Gasteiger partial charge in [-0.2, -0.15) is 18.4 Å². The van der Waals surface area contributed by atoms with Crippen molar-refractivity contribution in [2.24, 2.45) is 0 Å². The largest absolute Gasteiger partial charge is 0.417 e. The van der Waals surface area contributed by atoms with E-state index in [9.17, 15) is 22.8 Å². The third-order valence-corrected chi connectivity index (χ3v) is 2.36. The fourth-order valence-electron chi connectivity index (χ4n) is 1.48. The van der Waals surface area contributed by atoms with Gasteiger partial charge >= 0.3 is 6.18 Å². The normalized spacial score (nSPS) is 11.2. The van der Waals surface area contributed by atoms with Gasteiger partial charge in [-0.1, -0.05) is 6.08 Å². The summed E-state index contributed by atoms with van der Waals surface area (Å²) in [6.07, 6.45) is -2.24. The molecule has 0 spiro atoms. The topological polar surface area (TPSA) is 61.2 Å². The number of amides is 2. The lowest BCUT2D eigenvalue weighted by Crippen LogP contribution is -2.27. The summed E-state index contributed by atoms with van der Waals surface area (Å²) in [5.74, 6) is -0.777. The Hall–Kier alpha value is -2.62. The molecule has 104 valence electrons. The molecule has 0 radical (unpaired) electrons. The minimum Gasteiger partial charge on any atom is -0.278 e. The second-order valence-electron chi connectivity index (χ2n) is 3.65. The van der Waals surface area contributed by atoms with Gasteiger partial charge in [-0.15, -0.1) is 0 Å². The first-order valence-electron chi connectivity index (χ1n) is 5.37. The molecule has 0 aliphatic rings.